The summed E-state index contributed by atoms with van der Waals surface area (Å²) in [6.45, 7) is 2.29. The van der Waals surface area contributed by atoms with Gasteiger partial charge in [-0.1, -0.05) is 30.3 Å². The van der Waals surface area contributed by atoms with Crippen molar-refractivity contribution in [2.75, 3.05) is 20.7 Å². The third-order valence-corrected chi connectivity index (χ3v) is 2.73. The van der Waals surface area contributed by atoms with E-state index in [9.17, 15) is 4.79 Å². The minimum absolute atomic E-state index is 0.115. The van der Waals surface area contributed by atoms with E-state index in [0.29, 0.717) is 13.0 Å². The van der Waals surface area contributed by atoms with Gasteiger partial charge < -0.3 is 9.64 Å². The van der Waals surface area contributed by atoms with Crippen LogP contribution in [-0.2, 0) is 9.53 Å². The van der Waals surface area contributed by atoms with Crippen molar-refractivity contribution in [3.8, 4) is 0 Å². The Morgan fingerprint density at radius 3 is 2.47 bits per heavy atom. The lowest BCUT2D eigenvalue weighted by molar-refractivity contribution is -0.143. The minimum atomic E-state index is -0.115. The predicted molar refractivity (Wildman–Crippen MR) is 68.7 cm³/mol. The predicted octanol–water partition coefficient (Wildman–Crippen LogP) is 2.63. The van der Waals surface area contributed by atoms with Crippen LogP contribution in [0.25, 0.3) is 0 Å². The molecule has 0 heterocycles. The first kappa shape index (κ1) is 13.7. The van der Waals surface area contributed by atoms with Crippen LogP contribution >= 0.6 is 0 Å². The monoisotopic (exact) mass is 235 g/mol. The molecule has 0 amide bonds. The van der Waals surface area contributed by atoms with Crippen molar-refractivity contribution in [1.82, 2.24) is 4.90 Å². The summed E-state index contributed by atoms with van der Waals surface area (Å²) >= 11 is 0. The number of hydrogen-bond acceptors (Lipinski definition) is 3. The van der Waals surface area contributed by atoms with Gasteiger partial charge in [0.2, 0.25) is 0 Å². The summed E-state index contributed by atoms with van der Waals surface area (Å²) < 4.78 is 4.95. The lowest BCUT2D eigenvalue weighted by Gasteiger charge is -2.24. The molecule has 3 nitrogen and oxygen atoms in total. The van der Waals surface area contributed by atoms with Gasteiger partial charge in [-0.3, -0.25) is 4.79 Å². The fourth-order valence-electron chi connectivity index (χ4n) is 1.89. The molecular weight excluding hydrogens is 214 g/mol. The van der Waals surface area contributed by atoms with Crippen molar-refractivity contribution in [1.29, 1.82) is 0 Å². The number of benzene rings is 1. The summed E-state index contributed by atoms with van der Waals surface area (Å²) in [6.07, 6.45) is 1.25. The highest BCUT2D eigenvalue weighted by molar-refractivity contribution is 5.69. The van der Waals surface area contributed by atoms with Gasteiger partial charge >= 0.3 is 5.97 Å². The zero-order valence-corrected chi connectivity index (χ0v) is 10.8. The van der Waals surface area contributed by atoms with Crippen molar-refractivity contribution in [3.05, 3.63) is 35.9 Å². The molecule has 0 aromatic heterocycles. The largest absolute Gasteiger partial charge is 0.466 e. The average molecular weight is 235 g/mol. The summed E-state index contributed by atoms with van der Waals surface area (Å²) in [6, 6.07) is 10.5. The van der Waals surface area contributed by atoms with Gasteiger partial charge in [-0.05, 0) is 33.0 Å². The van der Waals surface area contributed by atoms with Crippen LogP contribution in [0.3, 0.4) is 0 Å². The van der Waals surface area contributed by atoms with Gasteiger partial charge in [0.25, 0.3) is 0 Å². The first-order valence-electron chi connectivity index (χ1n) is 6.02. The molecule has 3 heteroatoms. The Labute approximate surface area is 103 Å². The number of carbonyl (C=O) groups is 1. The summed E-state index contributed by atoms with van der Waals surface area (Å²) in [5.74, 6) is -0.115. The fraction of sp³-hybridized carbons (Fsp3) is 0.500. The van der Waals surface area contributed by atoms with E-state index < -0.39 is 0 Å². The molecule has 0 aliphatic heterocycles. The van der Waals surface area contributed by atoms with Gasteiger partial charge in [0.05, 0.1) is 6.61 Å². The summed E-state index contributed by atoms with van der Waals surface area (Å²) in [7, 11) is 4.06. The van der Waals surface area contributed by atoms with E-state index in [0.717, 1.165) is 6.42 Å². The SMILES string of the molecule is CCOC(=O)CC[C@@H](c1ccccc1)N(C)C. The summed E-state index contributed by atoms with van der Waals surface area (Å²) in [5.41, 5.74) is 1.24. The van der Waals surface area contributed by atoms with Crippen molar-refractivity contribution in [3.63, 3.8) is 0 Å². The smallest absolute Gasteiger partial charge is 0.305 e. The van der Waals surface area contributed by atoms with Crippen LogP contribution in [0.1, 0.15) is 31.4 Å². The molecule has 0 radical (unpaired) electrons. The molecule has 0 aliphatic carbocycles. The van der Waals surface area contributed by atoms with Gasteiger partial charge in [-0.15, -0.1) is 0 Å². The van der Waals surface area contributed by atoms with Crippen LogP contribution in [-0.4, -0.2) is 31.6 Å². The van der Waals surface area contributed by atoms with Crippen LogP contribution < -0.4 is 0 Å². The van der Waals surface area contributed by atoms with Crippen molar-refractivity contribution < 1.29 is 9.53 Å². The van der Waals surface area contributed by atoms with E-state index in [1.807, 2.05) is 39.2 Å². The van der Waals surface area contributed by atoms with E-state index in [1.54, 1.807) is 0 Å². The number of esters is 1. The summed E-state index contributed by atoms with van der Waals surface area (Å²) in [4.78, 5) is 13.5. The maximum atomic E-state index is 11.4. The molecule has 0 bridgehead atoms. The first-order valence-corrected chi connectivity index (χ1v) is 6.02. The molecule has 0 aliphatic rings. The highest BCUT2D eigenvalue weighted by atomic mass is 16.5. The first-order chi connectivity index (χ1) is 8.15. The van der Waals surface area contributed by atoms with Crippen molar-refractivity contribution >= 4 is 5.97 Å². The number of carbonyl (C=O) groups excluding carboxylic acids is 1. The normalized spacial score (nSPS) is 12.5. The highest BCUT2D eigenvalue weighted by Crippen LogP contribution is 2.23. The zero-order chi connectivity index (χ0) is 12.7. The quantitative estimate of drug-likeness (QED) is 0.710. The Morgan fingerprint density at radius 2 is 1.94 bits per heavy atom. The van der Waals surface area contributed by atoms with E-state index in [4.69, 9.17) is 4.74 Å². The Hall–Kier alpha value is -1.35. The van der Waals surface area contributed by atoms with Gasteiger partial charge in [-0.2, -0.15) is 0 Å². The third-order valence-electron chi connectivity index (χ3n) is 2.73. The third kappa shape index (κ3) is 4.57. The van der Waals surface area contributed by atoms with Crippen LogP contribution in [0.15, 0.2) is 30.3 Å². The minimum Gasteiger partial charge on any atom is -0.466 e. The van der Waals surface area contributed by atoms with Gasteiger partial charge in [0.1, 0.15) is 0 Å². The molecule has 0 unspecified atom stereocenters. The van der Waals surface area contributed by atoms with Crippen molar-refractivity contribution in [2.24, 2.45) is 0 Å². The molecule has 0 fully saturated rings. The van der Waals surface area contributed by atoms with Crippen LogP contribution in [0.2, 0.25) is 0 Å². The van der Waals surface area contributed by atoms with E-state index in [2.05, 4.69) is 17.0 Å². The molecule has 94 valence electrons. The van der Waals surface area contributed by atoms with E-state index >= 15 is 0 Å². The molecule has 17 heavy (non-hydrogen) atoms. The van der Waals surface area contributed by atoms with Crippen LogP contribution in [0.5, 0.6) is 0 Å². The molecule has 0 spiro atoms. The molecule has 0 saturated carbocycles. The molecular formula is C14H21NO2. The Bertz CT molecular complexity index is 335. The second-order valence-corrected chi connectivity index (χ2v) is 4.23. The Balaban J connectivity index is 2.59. The Morgan fingerprint density at radius 1 is 1.29 bits per heavy atom. The Kier molecular flexibility index (Phi) is 5.70. The molecule has 1 aromatic rings. The lowest BCUT2D eigenvalue weighted by Crippen LogP contribution is -2.21. The number of nitrogens with zero attached hydrogens (tertiary/aromatic N) is 1. The van der Waals surface area contributed by atoms with E-state index in [1.165, 1.54) is 5.56 Å². The molecule has 1 atom stereocenters. The summed E-state index contributed by atoms with van der Waals surface area (Å²) in [5, 5.41) is 0. The van der Waals surface area contributed by atoms with E-state index in [-0.39, 0.29) is 12.0 Å². The number of hydrogen-bond donors (Lipinski definition) is 0. The molecule has 1 rings (SSSR count). The van der Waals surface area contributed by atoms with Gasteiger partial charge in [-0.25, -0.2) is 0 Å². The van der Waals surface area contributed by atoms with Gasteiger partial charge in [0, 0.05) is 12.5 Å². The second kappa shape index (κ2) is 7.07. The molecule has 0 saturated heterocycles. The zero-order valence-electron chi connectivity index (χ0n) is 10.8. The average Bonchev–Trinajstić information content (AvgIpc) is 2.30. The topological polar surface area (TPSA) is 29.5 Å². The maximum Gasteiger partial charge on any atom is 0.305 e. The fourth-order valence-corrected chi connectivity index (χ4v) is 1.89. The van der Waals surface area contributed by atoms with Crippen LogP contribution in [0, 0.1) is 0 Å². The number of ether oxygens (including phenoxy) is 1. The van der Waals surface area contributed by atoms with Gasteiger partial charge in [0.15, 0.2) is 0 Å². The highest BCUT2D eigenvalue weighted by Gasteiger charge is 2.15. The second-order valence-electron chi connectivity index (χ2n) is 4.23. The molecule has 0 N–H and O–H groups in total. The van der Waals surface area contributed by atoms with Crippen LogP contribution in [0.4, 0.5) is 0 Å². The lowest BCUT2D eigenvalue weighted by atomic mass is 10.0. The standard InChI is InChI=1S/C14H21NO2/c1-4-17-14(16)11-10-13(15(2)3)12-8-6-5-7-9-12/h5-9,13H,4,10-11H2,1-3H3/t13-/m0/s1. The van der Waals surface area contributed by atoms with Crippen molar-refractivity contribution in [2.45, 2.75) is 25.8 Å². The maximum absolute atomic E-state index is 11.4. The number of rotatable bonds is 6. The molecule has 1 aromatic carbocycles.